The SMILES string of the molecule is O=C(NC1CC1c1ccccc1)N1CCN(C(c2ccc(F)cc2)c2ccc(F)cc2)CC1. The molecule has 3 aromatic carbocycles. The zero-order valence-corrected chi connectivity index (χ0v) is 18.3. The van der Waals surface area contributed by atoms with Gasteiger partial charge in [-0.3, -0.25) is 4.90 Å². The van der Waals surface area contributed by atoms with E-state index in [0.717, 1.165) is 17.5 Å². The molecule has 0 radical (unpaired) electrons. The van der Waals surface area contributed by atoms with E-state index in [1.54, 1.807) is 24.3 Å². The number of hydrogen-bond acceptors (Lipinski definition) is 2. The lowest BCUT2D eigenvalue weighted by Gasteiger charge is -2.39. The molecule has 1 heterocycles. The van der Waals surface area contributed by atoms with Crippen molar-refractivity contribution >= 4 is 6.03 Å². The molecule has 2 fully saturated rings. The van der Waals surface area contributed by atoms with Crippen molar-refractivity contribution in [3.8, 4) is 0 Å². The number of carbonyl (C=O) groups is 1. The van der Waals surface area contributed by atoms with Crippen LogP contribution in [0.3, 0.4) is 0 Å². The largest absolute Gasteiger partial charge is 0.335 e. The van der Waals surface area contributed by atoms with Crippen LogP contribution in [0.4, 0.5) is 13.6 Å². The first kappa shape index (κ1) is 21.6. The summed E-state index contributed by atoms with van der Waals surface area (Å²) >= 11 is 0. The van der Waals surface area contributed by atoms with Gasteiger partial charge in [0.25, 0.3) is 0 Å². The number of urea groups is 1. The average molecular weight is 448 g/mol. The Morgan fingerprint density at radius 2 is 1.33 bits per heavy atom. The van der Waals surface area contributed by atoms with E-state index in [1.807, 2.05) is 23.1 Å². The van der Waals surface area contributed by atoms with E-state index in [1.165, 1.54) is 29.8 Å². The van der Waals surface area contributed by atoms with Gasteiger partial charge in [0, 0.05) is 38.1 Å². The van der Waals surface area contributed by atoms with Crippen molar-refractivity contribution in [1.29, 1.82) is 0 Å². The summed E-state index contributed by atoms with van der Waals surface area (Å²) in [6.07, 6.45) is 0.979. The molecule has 5 rings (SSSR count). The minimum absolute atomic E-state index is 0.0156. The fourth-order valence-electron chi connectivity index (χ4n) is 4.76. The molecule has 1 aliphatic heterocycles. The molecule has 6 heteroatoms. The topological polar surface area (TPSA) is 35.6 Å². The minimum atomic E-state index is -0.285. The zero-order valence-electron chi connectivity index (χ0n) is 18.3. The maximum Gasteiger partial charge on any atom is 0.317 e. The van der Waals surface area contributed by atoms with Crippen LogP contribution in [-0.2, 0) is 0 Å². The molecule has 1 aliphatic carbocycles. The van der Waals surface area contributed by atoms with Crippen molar-refractivity contribution < 1.29 is 13.6 Å². The van der Waals surface area contributed by atoms with E-state index in [4.69, 9.17) is 0 Å². The van der Waals surface area contributed by atoms with Gasteiger partial charge in [-0.2, -0.15) is 0 Å². The number of rotatable bonds is 5. The number of amides is 2. The molecular weight excluding hydrogens is 420 g/mol. The second kappa shape index (κ2) is 9.32. The molecule has 2 unspecified atom stereocenters. The van der Waals surface area contributed by atoms with Crippen molar-refractivity contribution in [3.63, 3.8) is 0 Å². The third kappa shape index (κ3) is 4.91. The average Bonchev–Trinajstić information content (AvgIpc) is 3.62. The molecule has 1 N–H and O–H groups in total. The summed E-state index contributed by atoms with van der Waals surface area (Å²) in [6, 6.07) is 23.3. The number of nitrogens with one attached hydrogen (secondary N) is 1. The van der Waals surface area contributed by atoms with Gasteiger partial charge < -0.3 is 10.2 Å². The maximum atomic E-state index is 13.5. The second-order valence-electron chi connectivity index (χ2n) is 8.84. The van der Waals surface area contributed by atoms with Crippen molar-refractivity contribution in [2.45, 2.75) is 24.4 Å². The van der Waals surface area contributed by atoms with Crippen LogP contribution in [0.2, 0.25) is 0 Å². The smallest absolute Gasteiger partial charge is 0.317 e. The first-order chi connectivity index (χ1) is 16.1. The lowest BCUT2D eigenvalue weighted by molar-refractivity contribution is 0.120. The second-order valence-corrected chi connectivity index (χ2v) is 8.84. The highest BCUT2D eigenvalue weighted by atomic mass is 19.1. The Morgan fingerprint density at radius 1 is 0.788 bits per heavy atom. The molecule has 3 aromatic rings. The summed E-state index contributed by atoms with van der Waals surface area (Å²) in [5.41, 5.74) is 3.17. The van der Waals surface area contributed by atoms with Crippen LogP contribution >= 0.6 is 0 Å². The van der Waals surface area contributed by atoms with Crippen molar-refractivity contribution in [3.05, 3.63) is 107 Å². The highest BCUT2D eigenvalue weighted by Gasteiger charge is 2.40. The summed E-state index contributed by atoms with van der Waals surface area (Å²) in [4.78, 5) is 17.0. The van der Waals surface area contributed by atoms with Crippen LogP contribution < -0.4 is 5.32 Å². The Bertz CT molecular complexity index is 1040. The van der Waals surface area contributed by atoms with Crippen LogP contribution in [0.15, 0.2) is 78.9 Å². The van der Waals surface area contributed by atoms with Gasteiger partial charge in [0.1, 0.15) is 11.6 Å². The predicted molar refractivity (Wildman–Crippen MR) is 124 cm³/mol. The van der Waals surface area contributed by atoms with Crippen LogP contribution in [0.1, 0.15) is 35.1 Å². The van der Waals surface area contributed by atoms with E-state index < -0.39 is 0 Å². The highest BCUT2D eigenvalue weighted by Crippen LogP contribution is 2.40. The third-order valence-electron chi connectivity index (χ3n) is 6.67. The van der Waals surface area contributed by atoms with Crippen LogP contribution in [0, 0.1) is 11.6 Å². The van der Waals surface area contributed by atoms with E-state index in [2.05, 4.69) is 22.3 Å². The number of halogens is 2. The molecule has 1 saturated carbocycles. The summed E-state index contributed by atoms with van der Waals surface area (Å²) < 4.78 is 27.0. The highest BCUT2D eigenvalue weighted by molar-refractivity contribution is 5.75. The molecule has 2 aliphatic rings. The molecule has 170 valence electrons. The molecule has 1 saturated heterocycles. The fourth-order valence-corrected chi connectivity index (χ4v) is 4.76. The van der Waals surface area contributed by atoms with E-state index >= 15 is 0 Å². The van der Waals surface area contributed by atoms with Gasteiger partial charge in [-0.25, -0.2) is 13.6 Å². The van der Waals surface area contributed by atoms with Gasteiger partial charge >= 0.3 is 6.03 Å². The molecule has 2 amide bonds. The quantitative estimate of drug-likeness (QED) is 0.602. The molecule has 4 nitrogen and oxygen atoms in total. The molecule has 33 heavy (non-hydrogen) atoms. The fraction of sp³-hybridized carbons (Fsp3) is 0.296. The number of carbonyl (C=O) groups excluding carboxylic acids is 1. The third-order valence-corrected chi connectivity index (χ3v) is 6.67. The van der Waals surface area contributed by atoms with Crippen molar-refractivity contribution in [1.82, 2.24) is 15.1 Å². The Hall–Kier alpha value is -3.25. The van der Waals surface area contributed by atoms with Gasteiger partial charge in [0.05, 0.1) is 6.04 Å². The van der Waals surface area contributed by atoms with Gasteiger partial charge in [0.15, 0.2) is 0 Å². The van der Waals surface area contributed by atoms with Crippen LogP contribution in [-0.4, -0.2) is 48.1 Å². The van der Waals surface area contributed by atoms with Crippen LogP contribution in [0.5, 0.6) is 0 Å². The Balaban J connectivity index is 1.23. The first-order valence-corrected chi connectivity index (χ1v) is 11.4. The van der Waals surface area contributed by atoms with Gasteiger partial charge in [0.2, 0.25) is 0 Å². The molecule has 0 aromatic heterocycles. The molecule has 0 bridgehead atoms. The summed E-state index contributed by atoms with van der Waals surface area (Å²) in [7, 11) is 0. The van der Waals surface area contributed by atoms with Gasteiger partial charge in [-0.1, -0.05) is 54.6 Å². The van der Waals surface area contributed by atoms with Crippen LogP contribution in [0.25, 0.3) is 0 Å². The Labute approximate surface area is 192 Å². The Morgan fingerprint density at radius 3 is 1.88 bits per heavy atom. The normalized spacial score (nSPS) is 20.6. The lowest BCUT2D eigenvalue weighted by atomic mass is 9.96. The summed E-state index contributed by atoms with van der Waals surface area (Å²) in [6.45, 7) is 2.57. The number of hydrogen-bond donors (Lipinski definition) is 1. The molecule has 0 spiro atoms. The van der Waals surface area contributed by atoms with E-state index in [0.29, 0.717) is 32.1 Å². The first-order valence-electron chi connectivity index (χ1n) is 11.4. The standard InChI is InChI=1S/C27H27F2N3O/c28-22-10-6-20(7-11-22)26(21-8-12-23(29)13-9-21)31-14-16-32(17-15-31)27(33)30-25-18-24(25)19-4-2-1-3-5-19/h1-13,24-26H,14-18H2,(H,30,33). The predicted octanol–water partition coefficient (Wildman–Crippen LogP) is 4.94. The van der Waals surface area contributed by atoms with Gasteiger partial charge in [-0.15, -0.1) is 0 Å². The number of nitrogens with zero attached hydrogens (tertiary/aromatic N) is 2. The minimum Gasteiger partial charge on any atom is -0.335 e. The Kier molecular flexibility index (Phi) is 6.09. The number of piperazine rings is 1. The number of benzene rings is 3. The summed E-state index contributed by atoms with van der Waals surface area (Å²) in [5.74, 6) is -0.170. The lowest BCUT2D eigenvalue weighted by Crippen LogP contribution is -2.53. The van der Waals surface area contributed by atoms with E-state index in [-0.39, 0.29) is 29.7 Å². The van der Waals surface area contributed by atoms with Crippen molar-refractivity contribution in [2.75, 3.05) is 26.2 Å². The van der Waals surface area contributed by atoms with Gasteiger partial charge in [-0.05, 0) is 47.4 Å². The zero-order chi connectivity index (χ0) is 22.8. The summed E-state index contributed by atoms with van der Waals surface area (Å²) in [5, 5.41) is 3.18. The van der Waals surface area contributed by atoms with E-state index in [9.17, 15) is 13.6 Å². The van der Waals surface area contributed by atoms with Crippen molar-refractivity contribution in [2.24, 2.45) is 0 Å². The monoisotopic (exact) mass is 447 g/mol. The molecule has 2 atom stereocenters. The molecular formula is C27H27F2N3O. The maximum absolute atomic E-state index is 13.5.